The summed E-state index contributed by atoms with van der Waals surface area (Å²) >= 11 is 0. The van der Waals surface area contributed by atoms with Crippen LogP contribution in [-0.2, 0) is 11.2 Å². The Balaban J connectivity index is 2.02. The number of carbonyl (C=O) groups excluding carboxylic acids is 2. The minimum absolute atomic E-state index is 0.135. The molecule has 0 aliphatic carbocycles. The van der Waals surface area contributed by atoms with Gasteiger partial charge in [0.15, 0.2) is 0 Å². The SMILES string of the molecule is NC(=O)Cc1ccc(NC(=O)c2ncn[nH]2)cc1. The molecule has 0 saturated carbocycles. The van der Waals surface area contributed by atoms with Crippen LogP contribution in [0.3, 0.4) is 0 Å². The van der Waals surface area contributed by atoms with E-state index in [1.165, 1.54) is 6.33 Å². The van der Waals surface area contributed by atoms with Gasteiger partial charge in [0.2, 0.25) is 11.7 Å². The maximum absolute atomic E-state index is 11.6. The lowest BCUT2D eigenvalue weighted by Gasteiger charge is -2.04. The largest absolute Gasteiger partial charge is 0.369 e. The number of carbonyl (C=O) groups is 2. The van der Waals surface area contributed by atoms with Crippen LogP contribution in [0.25, 0.3) is 0 Å². The van der Waals surface area contributed by atoms with Crippen molar-refractivity contribution in [2.24, 2.45) is 5.73 Å². The van der Waals surface area contributed by atoms with E-state index in [0.29, 0.717) is 5.69 Å². The van der Waals surface area contributed by atoms with Gasteiger partial charge in [-0.05, 0) is 17.7 Å². The first-order chi connectivity index (χ1) is 8.65. The highest BCUT2D eigenvalue weighted by Gasteiger charge is 2.08. The first-order valence-corrected chi connectivity index (χ1v) is 5.19. The summed E-state index contributed by atoms with van der Waals surface area (Å²) in [5.74, 6) is -0.639. The van der Waals surface area contributed by atoms with Gasteiger partial charge in [-0.2, -0.15) is 5.10 Å². The molecule has 0 radical (unpaired) electrons. The van der Waals surface area contributed by atoms with Crippen molar-refractivity contribution in [3.8, 4) is 0 Å². The summed E-state index contributed by atoms with van der Waals surface area (Å²) in [6.07, 6.45) is 1.43. The Morgan fingerprint density at radius 3 is 2.56 bits per heavy atom. The quantitative estimate of drug-likeness (QED) is 0.707. The topological polar surface area (TPSA) is 114 Å². The second kappa shape index (κ2) is 5.09. The second-order valence-corrected chi connectivity index (χ2v) is 3.63. The van der Waals surface area contributed by atoms with Crippen molar-refractivity contribution in [2.75, 3.05) is 5.32 Å². The molecule has 18 heavy (non-hydrogen) atoms. The Labute approximate surface area is 102 Å². The van der Waals surface area contributed by atoms with Gasteiger partial charge >= 0.3 is 0 Å². The molecule has 7 nitrogen and oxygen atoms in total. The number of nitrogens with zero attached hydrogens (tertiary/aromatic N) is 2. The number of rotatable bonds is 4. The maximum atomic E-state index is 11.6. The van der Waals surface area contributed by atoms with Crippen molar-refractivity contribution in [3.63, 3.8) is 0 Å². The van der Waals surface area contributed by atoms with Crippen LogP contribution in [0.15, 0.2) is 30.6 Å². The Bertz CT molecular complexity index is 547. The van der Waals surface area contributed by atoms with Gasteiger partial charge in [-0.1, -0.05) is 12.1 Å². The van der Waals surface area contributed by atoms with E-state index in [2.05, 4.69) is 20.5 Å². The third-order valence-corrected chi connectivity index (χ3v) is 2.22. The molecular weight excluding hydrogens is 234 g/mol. The van der Waals surface area contributed by atoms with E-state index in [1.807, 2.05) is 0 Å². The number of anilines is 1. The third-order valence-electron chi connectivity index (χ3n) is 2.22. The standard InChI is InChI=1S/C11H11N5O2/c12-9(17)5-7-1-3-8(4-2-7)15-11(18)10-13-6-14-16-10/h1-4,6H,5H2,(H2,12,17)(H,15,18)(H,13,14,16). The van der Waals surface area contributed by atoms with Crippen LogP contribution in [0.2, 0.25) is 0 Å². The third kappa shape index (κ3) is 2.91. The van der Waals surface area contributed by atoms with Crippen LogP contribution in [0, 0.1) is 0 Å². The van der Waals surface area contributed by atoms with Crippen molar-refractivity contribution in [1.82, 2.24) is 15.2 Å². The smallest absolute Gasteiger partial charge is 0.292 e. The molecule has 0 saturated heterocycles. The Morgan fingerprint density at radius 2 is 2.00 bits per heavy atom. The number of hydrogen-bond donors (Lipinski definition) is 3. The molecule has 0 aliphatic heterocycles. The number of primary amides is 1. The molecule has 2 rings (SSSR count). The molecular formula is C11H11N5O2. The van der Waals surface area contributed by atoms with Gasteiger partial charge in [0.25, 0.3) is 5.91 Å². The van der Waals surface area contributed by atoms with Gasteiger partial charge in [-0.3, -0.25) is 14.7 Å². The van der Waals surface area contributed by atoms with Crippen LogP contribution in [0.1, 0.15) is 16.2 Å². The van der Waals surface area contributed by atoms with Crippen LogP contribution >= 0.6 is 0 Å². The van der Waals surface area contributed by atoms with Crippen LogP contribution in [-0.4, -0.2) is 27.0 Å². The second-order valence-electron chi connectivity index (χ2n) is 3.63. The number of amides is 2. The molecule has 1 heterocycles. The summed E-state index contributed by atoms with van der Waals surface area (Å²) in [5, 5.41) is 8.68. The van der Waals surface area contributed by atoms with Gasteiger partial charge < -0.3 is 11.1 Å². The average Bonchev–Trinajstić information content (AvgIpc) is 2.84. The zero-order chi connectivity index (χ0) is 13.0. The monoisotopic (exact) mass is 245 g/mol. The number of aromatic nitrogens is 3. The number of nitrogens with one attached hydrogen (secondary N) is 2. The van der Waals surface area contributed by atoms with Crippen molar-refractivity contribution < 1.29 is 9.59 Å². The molecule has 0 atom stereocenters. The van der Waals surface area contributed by atoms with Crippen LogP contribution < -0.4 is 11.1 Å². The summed E-state index contributed by atoms with van der Waals surface area (Å²) in [6.45, 7) is 0. The fraction of sp³-hybridized carbons (Fsp3) is 0.0909. The molecule has 4 N–H and O–H groups in total. The molecule has 7 heteroatoms. The zero-order valence-corrected chi connectivity index (χ0v) is 9.38. The van der Waals surface area contributed by atoms with Gasteiger partial charge in [0.1, 0.15) is 6.33 Å². The molecule has 0 fully saturated rings. The molecule has 0 aliphatic rings. The van der Waals surface area contributed by atoms with Crippen LogP contribution in [0.4, 0.5) is 5.69 Å². The first kappa shape index (κ1) is 11.8. The van der Waals surface area contributed by atoms with E-state index in [1.54, 1.807) is 24.3 Å². The lowest BCUT2D eigenvalue weighted by atomic mass is 10.1. The van der Waals surface area contributed by atoms with Gasteiger partial charge in [0, 0.05) is 5.69 Å². The van der Waals surface area contributed by atoms with E-state index in [0.717, 1.165) is 5.56 Å². The van der Waals surface area contributed by atoms with Crippen molar-refractivity contribution in [1.29, 1.82) is 0 Å². The Hall–Kier alpha value is -2.70. The molecule has 1 aromatic heterocycles. The lowest BCUT2D eigenvalue weighted by Crippen LogP contribution is -2.15. The van der Waals surface area contributed by atoms with Crippen molar-refractivity contribution >= 4 is 17.5 Å². The fourth-order valence-corrected chi connectivity index (χ4v) is 1.41. The molecule has 92 valence electrons. The first-order valence-electron chi connectivity index (χ1n) is 5.19. The molecule has 0 bridgehead atoms. The lowest BCUT2D eigenvalue weighted by molar-refractivity contribution is -0.117. The fourth-order valence-electron chi connectivity index (χ4n) is 1.41. The minimum atomic E-state index is -0.395. The zero-order valence-electron chi connectivity index (χ0n) is 9.38. The van der Waals surface area contributed by atoms with E-state index < -0.39 is 5.91 Å². The predicted octanol–water partition coefficient (Wildman–Crippen LogP) is 0.0848. The number of H-pyrrole nitrogens is 1. The summed E-state index contributed by atoms with van der Waals surface area (Å²) < 4.78 is 0. The molecule has 2 amide bonds. The van der Waals surface area contributed by atoms with Gasteiger partial charge in [0.05, 0.1) is 6.42 Å². The number of nitrogens with two attached hydrogens (primary N) is 1. The van der Waals surface area contributed by atoms with Crippen LogP contribution in [0.5, 0.6) is 0 Å². The minimum Gasteiger partial charge on any atom is -0.369 e. The summed E-state index contributed by atoms with van der Waals surface area (Å²) in [7, 11) is 0. The number of hydrogen-bond acceptors (Lipinski definition) is 4. The molecule has 2 aromatic rings. The van der Waals surface area contributed by atoms with Gasteiger partial charge in [-0.25, -0.2) is 4.98 Å². The van der Waals surface area contributed by atoms with E-state index in [9.17, 15) is 9.59 Å². The molecule has 0 spiro atoms. The maximum Gasteiger partial charge on any atom is 0.292 e. The van der Waals surface area contributed by atoms with E-state index >= 15 is 0 Å². The highest BCUT2D eigenvalue weighted by atomic mass is 16.2. The van der Waals surface area contributed by atoms with Gasteiger partial charge in [-0.15, -0.1) is 0 Å². The summed E-state index contributed by atoms with van der Waals surface area (Å²) in [5.41, 5.74) is 6.47. The molecule has 0 unspecified atom stereocenters. The van der Waals surface area contributed by atoms with E-state index in [4.69, 9.17) is 5.73 Å². The average molecular weight is 245 g/mol. The Morgan fingerprint density at radius 1 is 1.28 bits per heavy atom. The predicted molar refractivity (Wildman–Crippen MR) is 63.7 cm³/mol. The Kier molecular flexibility index (Phi) is 3.33. The highest BCUT2D eigenvalue weighted by molar-refractivity contribution is 6.01. The number of benzene rings is 1. The van der Waals surface area contributed by atoms with E-state index in [-0.39, 0.29) is 18.2 Å². The normalized spacial score (nSPS) is 10.0. The molecule has 1 aromatic carbocycles. The van der Waals surface area contributed by atoms with Crippen molar-refractivity contribution in [2.45, 2.75) is 6.42 Å². The summed E-state index contributed by atoms with van der Waals surface area (Å²) in [6, 6.07) is 6.82. The highest BCUT2D eigenvalue weighted by Crippen LogP contribution is 2.10. The number of aromatic amines is 1. The van der Waals surface area contributed by atoms with Crippen molar-refractivity contribution in [3.05, 3.63) is 42.0 Å². The summed E-state index contributed by atoms with van der Waals surface area (Å²) in [4.78, 5) is 26.1.